The number of amides is 1. The summed E-state index contributed by atoms with van der Waals surface area (Å²) in [6.45, 7) is 0.586. The molecule has 8 heteroatoms. The summed E-state index contributed by atoms with van der Waals surface area (Å²) in [5.41, 5.74) is 2.47. The average Bonchev–Trinajstić information content (AvgIpc) is 2.82. The molecular weight excluding hydrogens is 430 g/mol. The number of halogens is 1. The Kier molecular flexibility index (Phi) is 6.56. The highest BCUT2D eigenvalue weighted by Gasteiger charge is 2.39. The summed E-state index contributed by atoms with van der Waals surface area (Å²) in [6.07, 6.45) is 3.40. The molecule has 1 N–H and O–H groups in total. The number of esters is 1. The Morgan fingerprint density at radius 2 is 1.97 bits per heavy atom. The molecule has 1 fully saturated rings. The molecule has 1 aliphatic heterocycles. The second-order valence-corrected chi connectivity index (χ2v) is 7.78. The van der Waals surface area contributed by atoms with Gasteiger partial charge in [-0.05, 0) is 54.1 Å². The molecule has 1 amide bonds. The number of hydrogen-bond acceptors (Lipinski definition) is 6. The number of anilines is 2. The van der Waals surface area contributed by atoms with Crippen LogP contribution in [0.1, 0.15) is 15.9 Å². The Balaban J connectivity index is 1.30. The van der Waals surface area contributed by atoms with Crippen molar-refractivity contribution in [3.8, 4) is 5.75 Å². The number of carbonyl (C=O) groups is 2. The Hall–Kier alpha value is -3.58. The number of rotatable bonds is 7. The van der Waals surface area contributed by atoms with Gasteiger partial charge in [-0.1, -0.05) is 23.7 Å². The fourth-order valence-electron chi connectivity index (χ4n) is 3.40. The van der Waals surface area contributed by atoms with Gasteiger partial charge in [0.15, 0.2) is 6.10 Å². The molecule has 2 aromatic carbocycles. The first-order chi connectivity index (χ1) is 15.5. The van der Waals surface area contributed by atoms with Crippen molar-refractivity contribution in [1.29, 1.82) is 0 Å². The minimum atomic E-state index is -0.390. The Morgan fingerprint density at radius 1 is 1.16 bits per heavy atom. The molecule has 0 bridgehead atoms. The predicted octanol–water partition coefficient (Wildman–Crippen LogP) is 3.88. The monoisotopic (exact) mass is 451 g/mol. The third-order valence-corrected chi connectivity index (χ3v) is 5.61. The van der Waals surface area contributed by atoms with E-state index in [4.69, 9.17) is 21.1 Å². The van der Waals surface area contributed by atoms with Crippen molar-refractivity contribution in [2.24, 2.45) is 0 Å². The van der Waals surface area contributed by atoms with Crippen LogP contribution in [-0.4, -0.2) is 42.1 Å². The van der Waals surface area contributed by atoms with Crippen molar-refractivity contribution in [1.82, 2.24) is 4.98 Å². The Bertz CT molecular complexity index is 1090. The summed E-state index contributed by atoms with van der Waals surface area (Å²) < 4.78 is 10.8. The van der Waals surface area contributed by atoms with E-state index in [-0.39, 0.29) is 29.9 Å². The number of ether oxygens (including phenoxy) is 2. The smallest absolute Gasteiger partial charge is 0.337 e. The van der Waals surface area contributed by atoms with Crippen LogP contribution < -0.4 is 15.0 Å². The fourth-order valence-corrected chi connectivity index (χ4v) is 3.72. The van der Waals surface area contributed by atoms with Crippen molar-refractivity contribution >= 4 is 34.9 Å². The Labute approximate surface area is 190 Å². The van der Waals surface area contributed by atoms with E-state index in [2.05, 4.69) is 10.3 Å². The van der Waals surface area contributed by atoms with Gasteiger partial charge >= 0.3 is 5.97 Å². The number of benzene rings is 2. The van der Waals surface area contributed by atoms with Gasteiger partial charge in [-0.15, -0.1) is 0 Å². The van der Waals surface area contributed by atoms with E-state index in [0.717, 1.165) is 11.3 Å². The number of aromatic nitrogens is 1. The van der Waals surface area contributed by atoms with Gasteiger partial charge in [0.1, 0.15) is 11.3 Å². The summed E-state index contributed by atoms with van der Waals surface area (Å²) in [4.78, 5) is 29.9. The molecule has 32 heavy (non-hydrogen) atoms. The zero-order valence-corrected chi connectivity index (χ0v) is 18.2. The van der Waals surface area contributed by atoms with E-state index in [1.165, 1.54) is 7.11 Å². The third kappa shape index (κ3) is 5.00. The first kappa shape index (κ1) is 21.6. The molecule has 2 atom stereocenters. The summed E-state index contributed by atoms with van der Waals surface area (Å²) in [7, 11) is 1.35. The molecule has 4 rings (SSSR count). The number of pyridine rings is 1. The number of methoxy groups -OCH3 is 1. The van der Waals surface area contributed by atoms with Crippen molar-refractivity contribution in [2.75, 3.05) is 23.9 Å². The van der Waals surface area contributed by atoms with E-state index in [0.29, 0.717) is 23.5 Å². The van der Waals surface area contributed by atoms with Crippen LogP contribution in [0.3, 0.4) is 0 Å². The number of nitrogens with one attached hydrogen (secondary N) is 1. The second-order valence-electron chi connectivity index (χ2n) is 7.33. The van der Waals surface area contributed by atoms with Crippen LogP contribution in [0.4, 0.5) is 11.4 Å². The SMILES string of the molecule is COC(=O)c1cccc(N2CC(Oc3ccc(NC(=O)Cc4cccnc4)cc3)C2Cl)c1. The van der Waals surface area contributed by atoms with Gasteiger partial charge in [-0.25, -0.2) is 4.79 Å². The quantitative estimate of drug-likeness (QED) is 0.333. The summed E-state index contributed by atoms with van der Waals surface area (Å²) in [5.74, 6) is 0.157. The summed E-state index contributed by atoms with van der Waals surface area (Å²) in [5, 5.41) is 2.86. The molecule has 0 aliphatic carbocycles. The molecule has 0 spiro atoms. The van der Waals surface area contributed by atoms with Crippen molar-refractivity contribution in [2.45, 2.75) is 18.0 Å². The molecule has 1 saturated heterocycles. The molecule has 1 aromatic heterocycles. The van der Waals surface area contributed by atoms with Crippen LogP contribution >= 0.6 is 11.6 Å². The minimum absolute atomic E-state index is 0.115. The van der Waals surface area contributed by atoms with E-state index >= 15 is 0 Å². The first-order valence-corrected chi connectivity index (χ1v) is 10.5. The second kappa shape index (κ2) is 9.70. The fraction of sp³-hybridized carbons (Fsp3) is 0.208. The highest BCUT2D eigenvalue weighted by molar-refractivity contribution is 6.23. The van der Waals surface area contributed by atoms with Gasteiger partial charge in [-0.2, -0.15) is 0 Å². The minimum Gasteiger partial charge on any atom is -0.485 e. The normalized spacial score (nSPS) is 17.2. The maximum absolute atomic E-state index is 12.2. The molecule has 3 aromatic rings. The zero-order valence-electron chi connectivity index (χ0n) is 17.4. The van der Waals surface area contributed by atoms with Crippen LogP contribution in [-0.2, 0) is 16.0 Å². The molecule has 0 saturated carbocycles. The third-order valence-electron chi connectivity index (χ3n) is 5.09. The van der Waals surface area contributed by atoms with Crippen molar-refractivity contribution in [3.63, 3.8) is 0 Å². The van der Waals surface area contributed by atoms with Gasteiger partial charge in [0.2, 0.25) is 5.91 Å². The Morgan fingerprint density at radius 3 is 2.66 bits per heavy atom. The topological polar surface area (TPSA) is 80.8 Å². The zero-order chi connectivity index (χ0) is 22.5. The maximum atomic E-state index is 12.2. The lowest BCUT2D eigenvalue weighted by Crippen LogP contribution is -2.60. The maximum Gasteiger partial charge on any atom is 0.337 e. The van der Waals surface area contributed by atoms with Gasteiger partial charge in [-0.3, -0.25) is 9.78 Å². The lowest BCUT2D eigenvalue weighted by molar-refractivity contribution is -0.115. The van der Waals surface area contributed by atoms with E-state index in [1.54, 1.807) is 60.9 Å². The number of nitrogens with zero attached hydrogens (tertiary/aromatic N) is 2. The van der Waals surface area contributed by atoms with E-state index < -0.39 is 0 Å². The van der Waals surface area contributed by atoms with Crippen LogP contribution in [0.2, 0.25) is 0 Å². The van der Waals surface area contributed by atoms with Crippen LogP contribution in [0.15, 0.2) is 73.1 Å². The molecule has 0 radical (unpaired) electrons. The lowest BCUT2D eigenvalue weighted by atomic mass is 10.1. The summed E-state index contributed by atoms with van der Waals surface area (Å²) >= 11 is 6.53. The average molecular weight is 452 g/mol. The predicted molar refractivity (Wildman–Crippen MR) is 122 cm³/mol. The highest BCUT2D eigenvalue weighted by atomic mass is 35.5. The molecule has 2 heterocycles. The largest absolute Gasteiger partial charge is 0.485 e. The van der Waals surface area contributed by atoms with Crippen LogP contribution in [0, 0.1) is 0 Å². The summed E-state index contributed by atoms with van der Waals surface area (Å²) in [6, 6.07) is 18.0. The van der Waals surface area contributed by atoms with Crippen LogP contribution in [0.25, 0.3) is 0 Å². The van der Waals surface area contributed by atoms with Gasteiger partial charge in [0.05, 0.1) is 25.6 Å². The number of alkyl halides is 1. The first-order valence-electron chi connectivity index (χ1n) is 10.1. The van der Waals surface area contributed by atoms with Crippen molar-refractivity contribution < 1.29 is 19.1 Å². The highest BCUT2D eigenvalue weighted by Crippen LogP contribution is 2.33. The molecule has 1 aliphatic rings. The van der Waals surface area contributed by atoms with E-state index in [9.17, 15) is 9.59 Å². The molecule has 2 unspecified atom stereocenters. The number of carbonyl (C=O) groups excluding carboxylic acids is 2. The van der Waals surface area contributed by atoms with Gasteiger partial charge in [0, 0.05) is 23.8 Å². The lowest BCUT2D eigenvalue weighted by Gasteiger charge is -2.45. The molecule has 164 valence electrons. The molecular formula is C24H22ClN3O4. The standard InChI is InChI=1S/C24H22ClN3O4/c1-31-24(30)17-5-2-6-19(13-17)28-15-21(23(28)25)32-20-9-7-18(8-10-20)27-22(29)12-16-4-3-11-26-14-16/h2-11,13-14,21,23H,12,15H2,1H3,(H,27,29). The van der Waals surface area contributed by atoms with E-state index in [1.807, 2.05) is 17.0 Å². The van der Waals surface area contributed by atoms with Crippen molar-refractivity contribution in [3.05, 3.63) is 84.2 Å². The van der Waals surface area contributed by atoms with Crippen LogP contribution in [0.5, 0.6) is 5.75 Å². The van der Waals surface area contributed by atoms with Gasteiger partial charge in [0.25, 0.3) is 0 Å². The van der Waals surface area contributed by atoms with Gasteiger partial charge < -0.3 is 19.7 Å². The number of hydrogen-bond donors (Lipinski definition) is 1. The molecule has 7 nitrogen and oxygen atoms in total.